The maximum Gasteiger partial charge on any atom is 0.191 e. The fraction of sp³-hybridized carbons (Fsp3) is 0.500. The molecule has 2 atom stereocenters. The van der Waals surface area contributed by atoms with Crippen molar-refractivity contribution in [3.8, 4) is 0 Å². The summed E-state index contributed by atoms with van der Waals surface area (Å²) in [6.45, 7) is 2.02. The largest absolute Gasteiger partial charge is 0.370 e. The van der Waals surface area contributed by atoms with Gasteiger partial charge in [0.1, 0.15) is 0 Å². The van der Waals surface area contributed by atoms with Crippen LogP contribution in [0.1, 0.15) is 31.4 Å². The van der Waals surface area contributed by atoms with Crippen molar-refractivity contribution in [3.63, 3.8) is 0 Å². The Kier molecular flexibility index (Phi) is 4.24. The average Bonchev–Trinajstić information content (AvgIpc) is 3.22. The highest BCUT2D eigenvalue weighted by Crippen LogP contribution is 2.26. The molecule has 0 saturated heterocycles. The molecule has 19 heavy (non-hydrogen) atoms. The Bertz CT molecular complexity index is 494. The Morgan fingerprint density at radius 1 is 1.42 bits per heavy atom. The second-order valence-electron chi connectivity index (χ2n) is 5.03. The Hall–Kier alpha value is -1.36. The van der Waals surface area contributed by atoms with Crippen molar-refractivity contribution < 1.29 is 4.21 Å². The summed E-state index contributed by atoms with van der Waals surface area (Å²) >= 11 is 0. The molecule has 1 aliphatic rings. The average molecular weight is 279 g/mol. The van der Waals surface area contributed by atoms with Crippen LogP contribution in [0.2, 0.25) is 0 Å². The summed E-state index contributed by atoms with van der Waals surface area (Å²) in [5, 5.41) is 0. The predicted octanol–water partition coefficient (Wildman–Crippen LogP) is 1.89. The Labute approximate surface area is 117 Å². The smallest absolute Gasteiger partial charge is 0.191 e. The van der Waals surface area contributed by atoms with E-state index in [1.807, 2.05) is 43.1 Å². The normalized spacial score (nSPS) is 19.0. The lowest BCUT2D eigenvalue weighted by molar-refractivity contribution is 0.484. The third-order valence-corrected chi connectivity index (χ3v) is 4.41. The second-order valence-corrected chi connectivity index (χ2v) is 6.41. The summed E-state index contributed by atoms with van der Waals surface area (Å²) in [6.07, 6.45) is 4.09. The summed E-state index contributed by atoms with van der Waals surface area (Å²) in [5.41, 5.74) is 7.09. The van der Waals surface area contributed by atoms with Gasteiger partial charge in [0.2, 0.25) is 0 Å². The van der Waals surface area contributed by atoms with E-state index in [0.29, 0.717) is 12.0 Å². The third kappa shape index (κ3) is 3.56. The van der Waals surface area contributed by atoms with Gasteiger partial charge in [-0.1, -0.05) is 12.1 Å². The first kappa shape index (κ1) is 14.1. The maximum absolute atomic E-state index is 11.3. The van der Waals surface area contributed by atoms with E-state index in [4.69, 9.17) is 5.73 Å². The van der Waals surface area contributed by atoms with Gasteiger partial charge in [0.15, 0.2) is 5.96 Å². The molecule has 0 bridgehead atoms. The molecule has 104 valence electrons. The molecular weight excluding hydrogens is 258 g/mol. The summed E-state index contributed by atoms with van der Waals surface area (Å²) < 4.78 is 11.3. The van der Waals surface area contributed by atoms with Gasteiger partial charge in [-0.25, -0.2) is 4.99 Å². The summed E-state index contributed by atoms with van der Waals surface area (Å²) in [4.78, 5) is 7.41. The van der Waals surface area contributed by atoms with E-state index in [9.17, 15) is 4.21 Å². The number of nitrogens with zero attached hydrogens (tertiary/aromatic N) is 2. The molecule has 5 heteroatoms. The zero-order valence-electron chi connectivity index (χ0n) is 11.7. The van der Waals surface area contributed by atoms with Crippen LogP contribution in [0.15, 0.2) is 34.2 Å². The van der Waals surface area contributed by atoms with Gasteiger partial charge in [-0.2, -0.15) is 0 Å². The van der Waals surface area contributed by atoms with E-state index in [0.717, 1.165) is 10.5 Å². The Morgan fingerprint density at radius 2 is 2.00 bits per heavy atom. The van der Waals surface area contributed by atoms with Gasteiger partial charge in [-0.3, -0.25) is 4.21 Å². The van der Waals surface area contributed by atoms with E-state index >= 15 is 0 Å². The molecule has 1 fully saturated rings. The van der Waals surface area contributed by atoms with Gasteiger partial charge in [0.25, 0.3) is 0 Å². The first-order valence-electron chi connectivity index (χ1n) is 6.48. The van der Waals surface area contributed by atoms with E-state index in [1.165, 1.54) is 12.8 Å². The highest BCUT2D eigenvalue weighted by Gasteiger charge is 2.27. The molecule has 0 amide bonds. The van der Waals surface area contributed by atoms with Crippen molar-refractivity contribution in [1.82, 2.24) is 4.90 Å². The van der Waals surface area contributed by atoms with Crippen molar-refractivity contribution >= 4 is 16.8 Å². The van der Waals surface area contributed by atoms with E-state index < -0.39 is 10.8 Å². The standard InChI is InChI=1S/C14H21N3OS/c1-10(16-14(15)17(2)12-6-7-12)11-4-8-13(9-5-11)19(3)18/h4-5,8-10,12H,6-7H2,1-3H3,(H2,15,16). The molecule has 1 aromatic carbocycles. The topological polar surface area (TPSA) is 58.7 Å². The maximum atomic E-state index is 11.3. The molecule has 2 rings (SSSR count). The van der Waals surface area contributed by atoms with Crippen LogP contribution in [0.5, 0.6) is 0 Å². The molecule has 1 saturated carbocycles. The molecule has 0 aromatic heterocycles. The number of hydrogen-bond acceptors (Lipinski definition) is 2. The van der Waals surface area contributed by atoms with Crippen LogP contribution in [-0.2, 0) is 10.8 Å². The van der Waals surface area contributed by atoms with Crippen molar-refractivity contribution in [1.29, 1.82) is 0 Å². The summed E-state index contributed by atoms with van der Waals surface area (Å²) in [7, 11) is 1.06. The van der Waals surface area contributed by atoms with E-state index in [-0.39, 0.29) is 6.04 Å². The third-order valence-electron chi connectivity index (χ3n) is 3.48. The minimum atomic E-state index is -0.935. The molecule has 0 aliphatic heterocycles. The van der Waals surface area contributed by atoms with Gasteiger partial charge < -0.3 is 10.6 Å². The quantitative estimate of drug-likeness (QED) is 0.676. The fourth-order valence-electron chi connectivity index (χ4n) is 1.95. The number of aliphatic imine (C=N–C) groups is 1. The van der Waals surface area contributed by atoms with E-state index in [2.05, 4.69) is 4.99 Å². The van der Waals surface area contributed by atoms with Crippen molar-refractivity contribution in [2.45, 2.75) is 36.7 Å². The molecular formula is C14H21N3OS. The van der Waals surface area contributed by atoms with Gasteiger partial charge in [0.05, 0.1) is 6.04 Å². The zero-order chi connectivity index (χ0) is 14.0. The lowest BCUT2D eigenvalue weighted by Crippen LogP contribution is -2.35. The highest BCUT2D eigenvalue weighted by molar-refractivity contribution is 7.84. The first-order chi connectivity index (χ1) is 8.99. The number of rotatable bonds is 4. The molecule has 1 aliphatic carbocycles. The monoisotopic (exact) mass is 279 g/mol. The van der Waals surface area contributed by atoms with Crippen LogP contribution in [0.3, 0.4) is 0 Å². The van der Waals surface area contributed by atoms with Crippen LogP contribution in [0, 0.1) is 0 Å². The first-order valence-corrected chi connectivity index (χ1v) is 8.04. The van der Waals surface area contributed by atoms with Crippen LogP contribution < -0.4 is 5.73 Å². The van der Waals surface area contributed by atoms with Gasteiger partial charge in [-0.15, -0.1) is 0 Å². The predicted molar refractivity (Wildman–Crippen MR) is 79.6 cm³/mol. The SMILES string of the molecule is CC(N=C(N)N(C)C1CC1)c1ccc(S(C)=O)cc1. The highest BCUT2D eigenvalue weighted by atomic mass is 32.2. The second kappa shape index (κ2) is 5.74. The molecule has 4 nitrogen and oxygen atoms in total. The number of hydrogen-bond donors (Lipinski definition) is 1. The number of nitrogens with two attached hydrogens (primary N) is 1. The Morgan fingerprint density at radius 3 is 2.47 bits per heavy atom. The van der Waals surface area contributed by atoms with Crippen molar-refractivity contribution in [3.05, 3.63) is 29.8 Å². The number of benzene rings is 1. The molecule has 1 aromatic rings. The van der Waals surface area contributed by atoms with Crippen LogP contribution in [-0.4, -0.2) is 34.4 Å². The minimum Gasteiger partial charge on any atom is -0.370 e. The lowest BCUT2D eigenvalue weighted by Gasteiger charge is -2.19. The zero-order valence-corrected chi connectivity index (χ0v) is 12.5. The van der Waals surface area contributed by atoms with Crippen LogP contribution >= 0.6 is 0 Å². The van der Waals surface area contributed by atoms with Crippen molar-refractivity contribution in [2.75, 3.05) is 13.3 Å². The molecule has 2 N–H and O–H groups in total. The molecule has 2 unspecified atom stereocenters. The molecule has 0 spiro atoms. The van der Waals surface area contributed by atoms with Crippen LogP contribution in [0.4, 0.5) is 0 Å². The summed E-state index contributed by atoms with van der Waals surface area (Å²) in [5.74, 6) is 0.596. The van der Waals surface area contributed by atoms with Crippen molar-refractivity contribution in [2.24, 2.45) is 10.7 Å². The van der Waals surface area contributed by atoms with Gasteiger partial charge in [-0.05, 0) is 37.5 Å². The fourth-order valence-corrected chi connectivity index (χ4v) is 2.47. The lowest BCUT2D eigenvalue weighted by atomic mass is 10.1. The van der Waals surface area contributed by atoms with Gasteiger partial charge >= 0.3 is 0 Å². The van der Waals surface area contributed by atoms with E-state index in [1.54, 1.807) is 6.26 Å². The number of guanidine groups is 1. The molecule has 0 heterocycles. The summed E-state index contributed by atoms with van der Waals surface area (Å²) in [6, 6.07) is 8.29. The van der Waals surface area contributed by atoms with Gasteiger partial charge in [0, 0.05) is 35.0 Å². The molecule has 0 radical (unpaired) electrons. The Balaban J connectivity index is 2.08. The minimum absolute atomic E-state index is 0.0144. The van der Waals surface area contributed by atoms with Crippen LogP contribution in [0.25, 0.3) is 0 Å².